The lowest BCUT2D eigenvalue weighted by Gasteiger charge is -2.35. The van der Waals surface area contributed by atoms with Crippen molar-refractivity contribution in [2.75, 3.05) is 0 Å². The van der Waals surface area contributed by atoms with Crippen molar-refractivity contribution in [3.8, 4) is 0 Å². The highest BCUT2D eigenvalue weighted by atomic mass is 16.6. The van der Waals surface area contributed by atoms with Crippen LogP contribution in [0.5, 0.6) is 0 Å². The van der Waals surface area contributed by atoms with Gasteiger partial charge in [0.15, 0.2) is 0 Å². The Labute approximate surface area is 120 Å². The van der Waals surface area contributed by atoms with E-state index in [-0.39, 0.29) is 0 Å². The average molecular weight is 267 g/mol. The first-order chi connectivity index (χ1) is 9.81. The van der Waals surface area contributed by atoms with Crippen LogP contribution < -0.4 is 5.48 Å². The van der Waals surface area contributed by atoms with Crippen LogP contribution in [0.3, 0.4) is 0 Å². The van der Waals surface area contributed by atoms with Crippen molar-refractivity contribution in [1.29, 1.82) is 0 Å². The van der Waals surface area contributed by atoms with Crippen molar-refractivity contribution >= 4 is 0 Å². The van der Waals surface area contributed by atoms with Gasteiger partial charge in [0, 0.05) is 6.04 Å². The maximum atomic E-state index is 5.58. The first-order valence-electron chi connectivity index (χ1n) is 7.29. The van der Waals surface area contributed by atoms with E-state index in [0.717, 1.165) is 12.8 Å². The van der Waals surface area contributed by atoms with E-state index in [1.807, 2.05) is 18.2 Å². The fourth-order valence-corrected chi connectivity index (χ4v) is 2.73. The maximum Gasteiger partial charge on any atom is 0.0933 e. The molecule has 0 radical (unpaired) electrons. The van der Waals surface area contributed by atoms with Crippen LogP contribution in [-0.2, 0) is 11.4 Å². The van der Waals surface area contributed by atoms with Crippen LogP contribution in [0.2, 0.25) is 0 Å². The first-order valence-corrected chi connectivity index (χ1v) is 7.29. The third-order valence-corrected chi connectivity index (χ3v) is 3.98. The molecule has 1 saturated carbocycles. The molecular weight excluding hydrogens is 246 g/mol. The van der Waals surface area contributed by atoms with Crippen molar-refractivity contribution < 1.29 is 4.84 Å². The predicted octanol–water partition coefficient (Wildman–Crippen LogP) is 3.96. The molecule has 1 aliphatic carbocycles. The number of benzene rings is 2. The fourth-order valence-electron chi connectivity index (χ4n) is 2.73. The van der Waals surface area contributed by atoms with E-state index in [1.54, 1.807) is 0 Å². The second-order valence-electron chi connectivity index (χ2n) is 5.67. The van der Waals surface area contributed by atoms with Gasteiger partial charge in [0.1, 0.15) is 0 Å². The Balaban J connectivity index is 1.40. The lowest BCUT2D eigenvalue weighted by atomic mass is 9.76. The van der Waals surface area contributed by atoms with Gasteiger partial charge in [-0.05, 0) is 36.8 Å². The molecule has 0 heterocycles. The largest absolute Gasteiger partial charge is 0.297 e. The molecule has 0 spiro atoms. The summed E-state index contributed by atoms with van der Waals surface area (Å²) in [6.07, 6.45) is 2.33. The SMILES string of the molecule is Cc1cccc(C2CC(NOCc3ccccc3)C2)c1. The van der Waals surface area contributed by atoms with E-state index >= 15 is 0 Å². The minimum atomic E-state index is 0.490. The van der Waals surface area contributed by atoms with Crippen LogP contribution in [0.4, 0.5) is 0 Å². The van der Waals surface area contributed by atoms with Crippen molar-refractivity contribution in [3.05, 3.63) is 71.3 Å². The number of hydroxylamine groups is 1. The highest BCUT2D eigenvalue weighted by Gasteiger charge is 2.30. The zero-order chi connectivity index (χ0) is 13.8. The Hall–Kier alpha value is -1.64. The Bertz CT molecular complexity index is 546. The Morgan fingerprint density at radius 3 is 2.60 bits per heavy atom. The summed E-state index contributed by atoms with van der Waals surface area (Å²) >= 11 is 0. The summed E-state index contributed by atoms with van der Waals surface area (Å²) < 4.78 is 0. The van der Waals surface area contributed by atoms with Crippen molar-refractivity contribution in [2.45, 2.75) is 38.3 Å². The molecule has 1 fully saturated rings. The topological polar surface area (TPSA) is 21.3 Å². The van der Waals surface area contributed by atoms with Gasteiger partial charge in [0.2, 0.25) is 0 Å². The van der Waals surface area contributed by atoms with E-state index in [9.17, 15) is 0 Å². The second-order valence-corrected chi connectivity index (χ2v) is 5.67. The number of nitrogens with one attached hydrogen (secondary N) is 1. The molecule has 0 saturated heterocycles. The van der Waals surface area contributed by atoms with Gasteiger partial charge in [0.25, 0.3) is 0 Å². The summed E-state index contributed by atoms with van der Waals surface area (Å²) in [7, 11) is 0. The fraction of sp³-hybridized carbons (Fsp3) is 0.333. The standard InChI is InChI=1S/C18H21NO/c1-14-6-5-9-16(10-14)17-11-18(12-17)19-20-13-15-7-3-2-4-8-15/h2-10,17-19H,11-13H2,1H3. The maximum absolute atomic E-state index is 5.58. The minimum Gasteiger partial charge on any atom is -0.297 e. The normalized spacial score (nSPS) is 21.4. The Morgan fingerprint density at radius 1 is 1.05 bits per heavy atom. The third kappa shape index (κ3) is 3.27. The highest BCUT2D eigenvalue weighted by molar-refractivity contribution is 5.27. The van der Waals surface area contributed by atoms with Gasteiger partial charge >= 0.3 is 0 Å². The molecule has 0 aromatic heterocycles. The lowest BCUT2D eigenvalue weighted by Crippen LogP contribution is -2.39. The molecule has 0 atom stereocenters. The predicted molar refractivity (Wildman–Crippen MR) is 81.3 cm³/mol. The number of aryl methyl sites for hydroxylation is 1. The zero-order valence-electron chi connectivity index (χ0n) is 11.9. The highest BCUT2D eigenvalue weighted by Crippen LogP contribution is 2.37. The van der Waals surface area contributed by atoms with Crippen LogP contribution in [0.1, 0.15) is 35.4 Å². The van der Waals surface area contributed by atoms with Crippen LogP contribution in [0.15, 0.2) is 54.6 Å². The monoisotopic (exact) mass is 267 g/mol. The number of hydrogen-bond acceptors (Lipinski definition) is 2. The van der Waals surface area contributed by atoms with Crippen LogP contribution in [0.25, 0.3) is 0 Å². The van der Waals surface area contributed by atoms with Gasteiger partial charge in [-0.1, -0.05) is 60.2 Å². The van der Waals surface area contributed by atoms with E-state index in [2.05, 4.69) is 48.8 Å². The smallest absolute Gasteiger partial charge is 0.0933 e. The van der Waals surface area contributed by atoms with Gasteiger partial charge in [-0.15, -0.1) is 0 Å². The van der Waals surface area contributed by atoms with E-state index < -0.39 is 0 Å². The van der Waals surface area contributed by atoms with Gasteiger partial charge in [-0.2, -0.15) is 5.48 Å². The molecule has 20 heavy (non-hydrogen) atoms. The summed E-state index contributed by atoms with van der Waals surface area (Å²) in [6, 6.07) is 19.6. The van der Waals surface area contributed by atoms with E-state index in [1.165, 1.54) is 16.7 Å². The number of rotatable bonds is 5. The summed E-state index contributed by atoms with van der Waals surface area (Å²) in [5.74, 6) is 0.688. The summed E-state index contributed by atoms with van der Waals surface area (Å²) in [6.45, 7) is 2.79. The van der Waals surface area contributed by atoms with Gasteiger partial charge in [-0.3, -0.25) is 4.84 Å². The Morgan fingerprint density at radius 2 is 1.85 bits per heavy atom. The van der Waals surface area contributed by atoms with E-state index in [0.29, 0.717) is 18.6 Å². The van der Waals surface area contributed by atoms with Crippen LogP contribution in [0, 0.1) is 6.92 Å². The molecule has 104 valence electrons. The van der Waals surface area contributed by atoms with E-state index in [4.69, 9.17) is 4.84 Å². The summed E-state index contributed by atoms with van der Waals surface area (Å²) in [5.41, 5.74) is 7.20. The van der Waals surface area contributed by atoms with Gasteiger partial charge in [-0.25, -0.2) is 0 Å². The Kier molecular flexibility index (Phi) is 4.14. The van der Waals surface area contributed by atoms with Crippen molar-refractivity contribution in [1.82, 2.24) is 5.48 Å². The molecule has 2 aromatic rings. The average Bonchev–Trinajstić information content (AvgIpc) is 2.42. The molecular formula is C18H21NO. The molecule has 0 unspecified atom stereocenters. The second kappa shape index (κ2) is 6.21. The van der Waals surface area contributed by atoms with Crippen molar-refractivity contribution in [2.24, 2.45) is 0 Å². The third-order valence-electron chi connectivity index (χ3n) is 3.98. The van der Waals surface area contributed by atoms with Gasteiger partial charge in [0.05, 0.1) is 6.61 Å². The lowest BCUT2D eigenvalue weighted by molar-refractivity contribution is -0.0197. The van der Waals surface area contributed by atoms with Gasteiger partial charge < -0.3 is 0 Å². The minimum absolute atomic E-state index is 0.490. The van der Waals surface area contributed by atoms with Crippen molar-refractivity contribution in [3.63, 3.8) is 0 Å². The molecule has 0 aliphatic heterocycles. The molecule has 0 bridgehead atoms. The summed E-state index contributed by atoms with van der Waals surface area (Å²) in [4.78, 5) is 5.58. The molecule has 2 aromatic carbocycles. The molecule has 1 aliphatic rings. The molecule has 3 rings (SSSR count). The molecule has 1 N–H and O–H groups in total. The summed E-state index contributed by atoms with van der Waals surface area (Å²) in [5, 5.41) is 0. The quantitative estimate of drug-likeness (QED) is 0.828. The van der Waals surface area contributed by atoms with Crippen LogP contribution >= 0.6 is 0 Å². The van der Waals surface area contributed by atoms with Crippen LogP contribution in [-0.4, -0.2) is 6.04 Å². The molecule has 2 nitrogen and oxygen atoms in total. The number of hydrogen-bond donors (Lipinski definition) is 1. The zero-order valence-corrected chi connectivity index (χ0v) is 11.9. The molecule has 0 amide bonds. The molecule has 2 heteroatoms. The first kappa shape index (κ1) is 13.3.